The van der Waals surface area contributed by atoms with Crippen molar-refractivity contribution < 1.29 is 4.92 Å². The summed E-state index contributed by atoms with van der Waals surface area (Å²) in [6.45, 7) is 0. The first-order chi connectivity index (χ1) is 10.5. The second-order valence-electron chi connectivity index (χ2n) is 5.17. The molecule has 3 rings (SSSR count). The molecule has 0 aliphatic carbocycles. The molecule has 1 unspecified atom stereocenters. The lowest BCUT2D eigenvalue weighted by molar-refractivity contribution is -0.416. The van der Waals surface area contributed by atoms with Gasteiger partial charge >= 0.3 is 5.70 Å². The van der Waals surface area contributed by atoms with Gasteiger partial charge in [0.05, 0.1) is 11.1 Å². The Labute approximate surface area is 126 Å². The summed E-state index contributed by atoms with van der Waals surface area (Å²) in [6.07, 6.45) is 1.56. The van der Waals surface area contributed by atoms with Crippen molar-refractivity contribution in [1.29, 1.82) is 0 Å². The first-order valence-electron chi connectivity index (χ1n) is 6.72. The van der Waals surface area contributed by atoms with Gasteiger partial charge in [0.1, 0.15) is 0 Å². The molecule has 5 N–H and O–H groups in total. The normalized spacial score (nSPS) is 21.0. The summed E-state index contributed by atoms with van der Waals surface area (Å²) < 4.78 is 0. The maximum Gasteiger partial charge on any atom is 0.326 e. The fourth-order valence-corrected chi connectivity index (χ4v) is 2.55. The quantitative estimate of drug-likeness (QED) is 0.578. The molecule has 0 bridgehead atoms. The van der Waals surface area contributed by atoms with Gasteiger partial charge in [-0.25, -0.2) is 4.99 Å². The van der Waals surface area contributed by atoms with Crippen molar-refractivity contribution in [3.63, 3.8) is 0 Å². The molecular formula is C15H15N5O2. The highest BCUT2D eigenvalue weighted by Crippen LogP contribution is 2.23. The summed E-state index contributed by atoms with van der Waals surface area (Å²) in [6, 6.07) is 13.8. The summed E-state index contributed by atoms with van der Waals surface area (Å²) >= 11 is 0. The van der Waals surface area contributed by atoms with Crippen LogP contribution in [0.1, 0.15) is 5.56 Å². The van der Waals surface area contributed by atoms with Crippen molar-refractivity contribution in [3.8, 4) is 0 Å². The Bertz CT molecular complexity index is 809. The Morgan fingerprint density at radius 3 is 2.68 bits per heavy atom. The molecule has 1 aliphatic heterocycles. The topological polar surface area (TPSA) is 120 Å². The number of nitrogens with two attached hydrogens (primary N) is 2. The fourth-order valence-electron chi connectivity index (χ4n) is 2.55. The van der Waals surface area contributed by atoms with Crippen LogP contribution in [0.5, 0.6) is 0 Å². The highest BCUT2D eigenvalue weighted by Gasteiger charge is 2.32. The third-order valence-electron chi connectivity index (χ3n) is 3.58. The average Bonchev–Trinajstić information content (AvgIpc) is 2.47. The van der Waals surface area contributed by atoms with Gasteiger partial charge in [0.25, 0.3) is 0 Å². The predicted molar refractivity (Wildman–Crippen MR) is 84.4 cm³/mol. The van der Waals surface area contributed by atoms with E-state index in [1.807, 2.05) is 42.5 Å². The number of nitrogens with one attached hydrogen (secondary N) is 1. The molecule has 0 radical (unpaired) electrons. The van der Waals surface area contributed by atoms with E-state index in [9.17, 15) is 10.1 Å². The van der Waals surface area contributed by atoms with Crippen LogP contribution in [0.2, 0.25) is 0 Å². The van der Waals surface area contributed by atoms with E-state index in [1.54, 1.807) is 0 Å². The molecule has 112 valence electrons. The SMILES string of the molecule is NC1=NC(N)(Cc2cccc3ccccc23)NC=C1[N+](=O)[O-]. The summed E-state index contributed by atoms with van der Waals surface area (Å²) in [5, 5.41) is 15.7. The Balaban J connectivity index is 1.94. The van der Waals surface area contributed by atoms with Gasteiger partial charge in [-0.05, 0) is 16.3 Å². The third-order valence-corrected chi connectivity index (χ3v) is 3.58. The minimum atomic E-state index is -1.20. The van der Waals surface area contributed by atoms with Gasteiger partial charge in [-0.15, -0.1) is 0 Å². The zero-order chi connectivity index (χ0) is 15.7. The van der Waals surface area contributed by atoms with E-state index >= 15 is 0 Å². The van der Waals surface area contributed by atoms with Crippen molar-refractivity contribution in [3.05, 3.63) is 70.0 Å². The van der Waals surface area contributed by atoms with Crippen molar-refractivity contribution in [2.24, 2.45) is 16.5 Å². The van der Waals surface area contributed by atoms with Crippen molar-refractivity contribution in [1.82, 2.24) is 5.32 Å². The second kappa shape index (κ2) is 5.12. The van der Waals surface area contributed by atoms with Crippen molar-refractivity contribution in [2.75, 3.05) is 0 Å². The van der Waals surface area contributed by atoms with Crippen LogP contribution in [-0.2, 0) is 6.42 Å². The number of nitrogens with zero attached hydrogens (tertiary/aromatic N) is 2. The lowest BCUT2D eigenvalue weighted by Gasteiger charge is -2.28. The highest BCUT2D eigenvalue weighted by atomic mass is 16.6. The fraction of sp³-hybridized carbons (Fsp3) is 0.133. The number of rotatable bonds is 3. The van der Waals surface area contributed by atoms with E-state index in [-0.39, 0.29) is 11.5 Å². The molecule has 7 heteroatoms. The number of amidine groups is 1. The summed E-state index contributed by atoms with van der Waals surface area (Å²) in [7, 11) is 0. The molecule has 0 spiro atoms. The van der Waals surface area contributed by atoms with E-state index in [1.165, 1.54) is 6.20 Å². The van der Waals surface area contributed by atoms with Gasteiger partial charge in [-0.3, -0.25) is 15.8 Å². The first kappa shape index (κ1) is 14.0. The molecule has 1 heterocycles. The van der Waals surface area contributed by atoms with Gasteiger partial charge in [-0.1, -0.05) is 42.5 Å². The number of hydrogen-bond donors (Lipinski definition) is 3. The Kier molecular flexibility index (Phi) is 3.26. The van der Waals surface area contributed by atoms with Gasteiger partial charge in [0.2, 0.25) is 5.84 Å². The Morgan fingerprint density at radius 1 is 1.23 bits per heavy atom. The van der Waals surface area contributed by atoms with E-state index in [0.717, 1.165) is 16.3 Å². The van der Waals surface area contributed by atoms with Crippen LogP contribution < -0.4 is 16.8 Å². The monoisotopic (exact) mass is 297 g/mol. The highest BCUT2D eigenvalue weighted by molar-refractivity contribution is 5.95. The van der Waals surface area contributed by atoms with Crippen molar-refractivity contribution >= 4 is 16.6 Å². The number of benzene rings is 2. The van der Waals surface area contributed by atoms with Gasteiger partial charge < -0.3 is 11.1 Å². The molecule has 1 aliphatic rings. The molecule has 0 fully saturated rings. The van der Waals surface area contributed by atoms with Crippen LogP contribution in [0.3, 0.4) is 0 Å². The maximum atomic E-state index is 10.8. The van der Waals surface area contributed by atoms with E-state index in [2.05, 4.69) is 10.3 Å². The first-order valence-corrected chi connectivity index (χ1v) is 6.72. The molecule has 22 heavy (non-hydrogen) atoms. The van der Waals surface area contributed by atoms with Crippen LogP contribution in [0, 0.1) is 10.1 Å². The molecule has 2 aromatic carbocycles. The summed E-state index contributed by atoms with van der Waals surface area (Å²) in [5.74, 6) is -1.38. The van der Waals surface area contributed by atoms with Crippen LogP contribution in [0.4, 0.5) is 0 Å². The maximum absolute atomic E-state index is 10.8. The van der Waals surface area contributed by atoms with Crippen molar-refractivity contribution in [2.45, 2.75) is 12.2 Å². The van der Waals surface area contributed by atoms with Crippen LogP contribution >= 0.6 is 0 Å². The molecule has 0 amide bonds. The molecule has 0 saturated carbocycles. The minimum Gasteiger partial charge on any atom is -0.378 e. The van der Waals surface area contributed by atoms with E-state index in [0.29, 0.717) is 6.42 Å². The van der Waals surface area contributed by atoms with Crippen LogP contribution in [-0.4, -0.2) is 16.5 Å². The number of hydrogen-bond acceptors (Lipinski definition) is 6. The lowest BCUT2D eigenvalue weighted by atomic mass is 9.99. The Hall–Kier alpha value is -2.93. The predicted octanol–water partition coefficient (Wildman–Crippen LogP) is 1.07. The van der Waals surface area contributed by atoms with E-state index < -0.39 is 10.7 Å². The minimum absolute atomic E-state index is 0.175. The van der Waals surface area contributed by atoms with Gasteiger partial charge in [-0.2, -0.15) is 0 Å². The van der Waals surface area contributed by atoms with Gasteiger partial charge in [0.15, 0.2) is 5.79 Å². The number of aliphatic imine (C=N–C) groups is 1. The summed E-state index contributed by atoms with van der Waals surface area (Å²) in [5.41, 5.74) is 12.5. The molecule has 0 saturated heterocycles. The zero-order valence-electron chi connectivity index (χ0n) is 11.7. The van der Waals surface area contributed by atoms with E-state index in [4.69, 9.17) is 11.5 Å². The Morgan fingerprint density at radius 2 is 1.95 bits per heavy atom. The lowest BCUT2D eigenvalue weighted by Crippen LogP contribution is -2.55. The number of nitro groups is 1. The molecular weight excluding hydrogens is 282 g/mol. The largest absolute Gasteiger partial charge is 0.378 e. The third kappa shape index (κ3) is 2.49. The summed E-state index contributed by atoms with van der Waals surface area (Å²) in [4.78, 5) is 14.3. The van der Waals surface area contributed by atoms with Crippen LogP contribution in [0.25, 0.3) is 10.8 Å². The molecule has 2 aromatic rings. The standard InChI is InChI=1S/C15H15N5O2/c16-14-13(20(21)22)9-18-15(17,19-14)8-11-6-3-5-10-4-1-2-7-12(10)11/h1-7,9,18H,8,17H2,(H2,16,19). The molecule has 1 atom stereocenters. The van der Waals surface area contributed by atoms with Gasteiger partial charge in [0, 0.05) is 6.42 Å². The van der Waals surface area contributed by atoms with Crippen LogP contribution in [0.15, 0.2) is 59.4 Å². The molecule has 7 nitrogen and oxygen atoms in total. The smallest absolute Gasteiger partial charge is 0.326 e. The molecule has 0 aromatic heterocycles. The number of fused-ring (bicyclic) bond motifs is 1. The second-order valence-corrected chi connectivity index (χ2v) is 5.17. The zero-order valence-corrected chi connectivity index (χ0v) is 11.7. The average molecular weight is 297 g/mol.